The highest BCUT2D eigenvalue weighted by Gasteiger charge is 2.23. The second kappa shape index (κ2) is 8.18. The fourth-order valence-corrected chi connectivity index (χ4v) is 3.67. The first kappa shape index (κ1) is 17.5. The van der Waals surface area contributed by atoms with Gasteiger partial charge in [-0.1, -0.05) is 30.3 Å². The number of hydrogen-bond donors (Lipinski definition) is 1. The van der Waals surface area contributed by atoms with Crippen LogP contribution in [0.2, 0.25) is 0 Å². The molecule has 5 heteroatoms. The van der Waals surface area contributed by atoms with Crippen molar-refractivity contribution in [3.8, 4) is 5.69 Å². The summed E-state index contributed by atoms with van der Waals surface area (Å²) < 4.78 is 1.92. The zero-order valence-corrected chi connectivity index (χ0v) is 15.3. The van der Waals surface area contributed by atoms with E-state index >= 15 is 0 Å². The molecule has 1 saturated heterocycles. The molecule has 0 aliphatic carbocycles. The van der Waals surface area contributed by atoms with E-state index in [0.717, 1.165) is 18.8 Å². The molecule has 1 atom stereocenters. The van der Waals surface area contributed by atoms with E-state index in [1.807, 2.05) is 41.1 Å². The zero-order valence-electron chi connectivity index (χ0n) is 15.3. The van der Waals surface area contributed by atoms with Gasteiger partial charge in [0.2, 0.25) is 0 Å². The third-order valence-electron chi connectivity index (χ3n) is 5.15. The molecule has 3 aromatic rings. The number of aromatic nitrogens is 2. The molecule has 1 aliphatic rings. The maximum Gasteiger partial charge on any atom is 0.251 e. The second-order valence-electron chi connectivity index (χ2n) is 6.90. The van der Waals surface area contributed by atoms with Crippen LogP contribution in [-0.4, -0.2) is 40.0 Å². The van der Waals surface area contributed by atoms with Crippen molar-refractivity contribution >= 4 is 5.91 Å². The Morgan fingerprint density at radius 2 is 1.78 bits per heavy atom. The zero-order chi connectivity index (χ0) is 18.5. The highest BCUT2D eigenvalue weighted by molar-refractivity contribution is 5.94. The SMILES string of the molecule is O=C(NCC(c1ccccc1)N1CCCC1)c1ccc(-n2ccnc2)cc1. The molecule has 1 aromatic heterocycles. The van der Waals surface area contributed by atoms with Gasteiger partial charge >= 0.3 is 0 Å². The van der Waals surface area contributed by atoms with Gasteiger partial charge in [0.15, 0.2) is 0 Å². The summed E-state index contributed by atoms with van der Waals surface area (Å²) in [4.78, 5) is 19.2. The van der Waals surface area contributed by atoms with E-state index in [1.165, 1.54) is 18.4 Å². The van der Waals surface area contributed by atoms with Gasteiger partial charge in [0.25, 0.3) is 5.91 Å². The molecule has 1 aliphatic heterocycles. The molecular weight excluding hydrogens is 336 g/mol. The number of benzene rings is 2. The van der Waals surface area contributed by atoms with Gasteiger partial charge in [-0.2, -0.15) is 0 Å². The number of amides is 1. The molecule has 0 bridgehead atoms. The van der Waals surface area contributed by atoms with Crippen LogP contribution in [0.3, 0.4) is 0 Å². The van der Waals surface area contributed by atoms with Crippen LogP contribution in [0.5, 0.6) is 0 Å². The summed E-state index contributed by atoms with van der Waals surface area (Å²) in [6.07, 6.45) is 7.83. The smallest absolute Gasteiger partial charge is 0.251 e. The number of nitrogens with zero attached hydrogens (tertiary/aromatic N) is 3. The van der Waals surface area contributed by atoms with Crippen molar-refractivity contribution in [1.29, 1.82) is 0 Å². The minimum atomic E-state index is -0.0349. The number of carbonyl (C=O) groups is 1. The monoisotopic (exact) mass is 360 g/mol. The Kier molecular flexibility index (Phi) is 5.30. The number of likely N-dealkylation sites (tertiary alicyclic amines) is 1. The summed E-state index contributed by atoms with van der Waals surface area (Å²) in [6, 6.07) is 18.3. The van der Waals surface area contributed by atoms with Gasteiger partial charge < -0.3 is 9.88 Å². The van der Waals surface area contributed by atoms with E-state index in [1.54, 1.807) is 12.5 Å². The summed E-state index contributed by atoms with van der Waals surface area (Å²) in [5.74, 6) is -0.0349. The van der Waals surface area contributed by atoms with Crippen LogP contribution in [0, 0.1) is 0 Å². The molecule has 1 amide bonds. The lowest BCUT2D eigenvalue weighted by Crippen LogP contribution is -2.36. The number of imidazole rings is 1. The quantitative estimate of drug-likeness (QED) is 0.733. The van der Waals surface area contributed by atoms with Crippen LogP contribution in [0.25, 0.3) is 5.69 Å². The minimum Gasteiger partial charge on any atom is -0.350 e. The van der Waals surface area contributed by atoms with Gasteiger partial charge in [-0.15, -0.1) is 0 Å². The fourth-order valence-electron chi connectivity index (χ4n) is 3.67. The number of carbonyl (C=O) groups excluding carboxylic acids is 1. The van der Waals surface area contributed by atoms with E-state index in [2.05, 4.69) is 39.5 Å². The molecule has 27 heavy (non-hydrogen) atoms. The first-order valence-corrected chi connectivity index (χ1v) is 9.47. The Labute approximate surface area is 159 Å². The summed E-state index contributed by atoms with van der Waals surface area (Å²) in [6.45, 7) is 2.80. The molecule has 0 spiro atoms. The molecule has 1 unspecified atom stereocenters. The summed E-state index contributed by atoms with van der Waals surface area (Å²) in [7, 11) is 0. The maximum atomic E-state index is 12.6. The molecule has 0 radical (unpaired) electrons. The molecule has 2 aromatic carbocycles. The summed E-state index contributed by atoms with van der Waals surface area (Å²) in [5, 5.41) is 3.13. The molecule has 1 N–H and O–H groups in total. The fraction of sp³-hybridized carbons (Fsp3) is 0.273. The lowest BCUT2D eigenvalue weighted by atomic mass is 10.1. The number of rotatable bonds is 6. The van der Waals surface area contributed by atoms with Crippen molar-refractivity contribution in [2.45, 2.75) is 18.9 Å². The van der Waals surface area contributed by atoms with Crippen LogP contribution >= 0.6 is 0 Å². The third kappa shape index (κ3) is 4.09. The number of hydrogen-bond acceptors (Lipinski definition) is 3. The number of nitrogens with one attached hydrogen (secondary N) is 1. The Hall–Kier alpha value is -2.92. The first-order chi connectivity index (χ1) is 13.3. The topological polar surface area (TPSA) is 50.2 Å². The largest absolute Gasteiger partial charge is 0.350 e. The van der Waals surface area contributed by atoms with Crippen LogP contribution in [0.4, 0.5) is 0 Å². The normalized spacial score (nSPS) is 15.6. The van der Waals surface area contributed by atoms with E-state index in [-0.39, 0.29) is 11.9 Å². The highest BCUT2D eigenvalue weighted by atomic mass is 16.1. The van der Waals surface area contributed by atoms with Crippen LogP contribution in [0.15, 0.2) is 73.3 Å². The van der Waals surface area contributed by atoms with E-state index in [4.69, 9.17) is 0 Å². The highest BCUT2D eigenvalue weighted by Crippen LogP contribution is 2.24. The van der Waals surface area contributed by atoms with Gasteiger partial charge in [0, 0.05) is 30.2 Å². The van der Waals surface area contributed by atoms with Crippen molar-refractivity contribution in [3.05, 3.63) is 84.4 Å². The van der Waals surface area contributed by atoms with Gasteiger partial charge in [0.1, 0.15) is 0 Å². The van der Waals surface area contributed by atoms with Crippen molar-refractivity contribution in [1.82, 2.24) is 19.8 Å². The predicted molar refractivity (Wildman–Crippen MR) is 106 cm³/mol. The van der Waals surface area contributed by atoms with Gasteiger partial charge in [-0.3, -0.25) is 9.69 Å². The molecule has 1 fully saturated rings. The molecule has 138 valence electrons. The van der Waals surface area contributed by atoms with Gasteiger partial charge in [-0.05, 0) is 55.8 Å². The Balaban J connectivity index is 1.43. The molecule has 2 heterocycles. The molecule has 5 nitrogen and oxygen atoms in total. The van der Waals surface area contributed by atoms with Crippen molar-refractivity contribution in [2.24, 2.45) is 0 Å². The Bertz CT molecular complexity index is 853. The minimum absolute atomic E-state index is 0.0349. The van der Waals surface area contributed by atoms with Crippen molar-refractivity contribution in [3.63, 3.8) is 0 Å². The maximum absolute atomic E-state index is 12.6. The lowest BCUT2D eigenvalue weighted by molar-refractivity contribution is 0.0938. The molecular formula is C22H24N4O. The molecule has 0 saturated carbocycles. The average molecular weight is 360 g/mol. The van der Waals surface area contributed by atoms with Crippen LogP contribution in [0.1, 0.15) is 34.8 Å². The van der Waals surface area contributed by atoms with Gasteiger partial charge in [0.05, 0.1) is 12.4 Å². The third-order valence-corrected chi connectivity index (χ3v) is 5.15. The van der Waals surface area contributed by atoms with E-state index < -0.39 is 0 Å². The van der Waals surface area contributed by atoms with Crippen LogP contribution < -0.4 is 5.32 Å². The summed E-state index contributed by atoms with van der Waals surface area (Å²) >= 11 is 0. The average Bonchev–Trinajstić information content (AvgIpc) is 3.43. The van der Waals surface area contributed by atoms with E-state index in [9.17, 15) is 4.79 Å². The van der Waals surface area contributed by atoms with Crippen molar-refractivity contribution < 1.29 is 4.79 Å². The predicted octanol–water partition coefficient (Wildman–Crippen LogP) is 3.44. The first-order valence-electron chi connectivity index (χ1n) is 9.47. The van der Waals surface area contributed by atoms with Gasteiger partial charge in [-0.25, -0.2) is 4.98 Å². The van der Waals surface area contributed by atoms with Crippen LogP contribution in [-0.2, 0) is 0 Å². The lowest BCUT2D eigenvalue weighted by Gasteiger charge is -2.28. The second-order valence-corrected chi connectivity index (χ2v) is 6.90. The van der Waals surface area contributed by atoms with E-state index in [0.29, 0.717) is 12.1 Å². The standard InChI is InChI=1S/C22H24N4O/c27-22(19-8-10-20(11-9-19)26-15-12-23-17-26)24-16-21(25-13-4-5-14-25)18-6-2-1-3-7-18/h1-3,6-12,15,17,21H,4-5,13-14,16H2,(H,24,27). The van der Waals surface area contributed by atoms with Crippen molar-refractivity contribution in [2.75, 3.05) is 19.6 Å². The summed E-state index contributed by atoms with van der Waals surface area (Å²) in [5.41, 5.74) is 2.92. The Morgan fingerprint density at radius 3 is 2.44 bits per heavy atom. The molecule has 4 rings (SSSR count). The Morgan fingerprint density at radius 1 is 1.04 bits per heavy atom.